The van der Waals surface area contributed by atoms with Crippen molar-refractivity contribution in [1.82, 2.24) is 0 Å². The van der Waals surface area contributed by atoms with Gasteiger partial charge in [-0.3, -0.25) is 18.6 Å². The van der Waals surface area contributed by atoms with Crippen LogP contribution in [0, 0.1) is 0 Å². The lowest BCUT2D eigenvalue weighted by molar-refractivity contribution is -0.154. The lowest BCUT2D eigenvalue weighted by atomic mass is 10.1. The summed E-state index contributed by atoms with van der Waals surface area (Å²) < 4.78 is 33.1. The maximum Gasteiger partial charge on any atom is 0.472 e. The summed E-state index contributed by atoms with van der Waals surface area (Å²) in [5, 5.41) is 8.84. The summed E-state index contributed by atoms with van der Waals surface area (Å²) in [4.78, 5) is 33.3. The fraction of sp³-hybridized carbons (Fsp3) is 0.833. The fourth-order valence-electron chi connectivity index (χ4n) is 4.81. The molecule has 0 aromatic heterocycles. The van der Waals surface area contributed by atoms with Crippen LogP contribution in [0.25, 0.3) is 0 Å². The van der Waals surface area contributed by atoms with E-state index in [1.165, 1.54) is 70.6 Å². The van der Waals surface area contributed by atoms with Crippen LogP contribution in [0.1, 0.15) is 155 Å². The monoisotopic (exact) mass is 689 g/mol. The molecule has 0 heterocycles. The minimum Gasteiger partial charge on any atom is -0.480 e. The molecule has 0 aliphatic carbocycles. The van der Waals surface area contributed by atoms with Crippen molar-refractivity contribution in [1.29, 1.82) is 0 Å². The van der Waals surface area contributed by atoms with Crippen molar-refractivity contribution < 1.29 is 42.7 Å². The number of esters is 1. The first-order valence-electron chi connectivity index (χ1n) is 18.4. The molecular weight excluding hydrogens is 621 g/mol. The molecule has 0 aromatic carbocycles. The van der Waals surface area contributed by atoms with Crippen LogP contribution in [-0.2, 0) is 32.7 Å². The molecule has 11 heteroatoms. The average Bonchev–Trinajstić information content (AvgIpc) is 3.04. The second-order valence-electron chi connectivity index (χ2n) is 12.4. The molecule has 0 bridgehead atoms. The van der Waals surface area contributed by atoms with E-state index in [4.69, 9.17) is 24.8 Å². The van der Waals surface area contributed by atoms with Gasteiger partial charge in [-0.25, -0.2) is 4.57 Å². The molecule has 0 amide bonds. The number of unbranched alkanes of at least 4 members (excludes halogenated alkanes) is 17. The third-order valence-electron chi connectivity index (χ3n) is 7.73. The van der Waals surface area contributed by atoms with Gasteiger partial charge < -0.3 is 25.2 Å². The largest absolute Gasteiger partial charge is 0.480 e. The molecular formula is C36H68NO9P. The zero-order chi connectivity index (χ0) is 34.9. The van der Waals surface area contributed by atoms with Gasteiger partial charge in [0, 0.05) is 13.0 Å². The highest BCUT2D eigenvalue weighted by Crippen LogP contribution is 2.43. The number of carbonyl (C=O) groups is 2. The van der Waals surface area contributed by atoms with E-state index in [0.29, 0.717) is 13.0 Å². The number of rotatable bonds is 35. The predicted octanol–water partition coefficient (Wildman–Crippen LogP) is 9.19. The third kappa shape index (κ3) is 32.8. The molecule has 47 heavy (non-hydrogen) atoms. The van der Waals surface area contributed by atoms with Crippen molar-refractivity contribution in [3.8, 4) is 0 Å². The molecule has 0 aliphatic rings. The first-order valence-corrected chi connectivity index (χ1v) is 19.9. The van der Waals surface area contributed by atoms with E-state index >= 15 is 0 Å². The topological polar surface area (TPSA) is 155 Å². The Balaban J connectivity index is 4.32. The molecule has 0 saturated heterocycles. The number of hydrogen-bond donors (Lipinski definition) is 3. The standard InChI is InChI=1S/C36H68NO9P/c1-3-5-7-9-11-13-14-15-16-17-18-19-20-22-24-26-28-35(38)46-33(31-44-47(41,42)45-32-34(37)36(39)40)30-43-29-27-25-23-21-12-10-8-6-4-2/h13-14,16-17,33-34H,3-12,15,18-32,37H2,1-2H3,(H,39,40)(H,41,42)/b14-13-,17-16-. The van der Waals surface area contributed by atoms with Crippen molar-refractivity contribution in [2.24, 2.45) is 5.73 Å². The number of phosphoric acid groups is 1. The molecule has 0 saturated carbocycles. The first-order chi connectivity index (χ1) is 22.7. The van der Waals surface area contributed by atoms with Crippen LogP contribution < -0.4 is 5.73 Å². The van der Waals surface area contributed by atoms with Gasteiger partial charge in [0.2, 0.25) is 0 Å². The van der Waals surface area contributed by atoms with Crippen molar-refractivity contribution in [2.75, 3.05) is 26.4 Å². The summed E-state index contributed by atoms with van der Waals surface area (Å²) in [6.45, 7) is 3.81. The van der Waals surface area contributed by atoms with E-state index in [-0.39, 0.29) is 13.0 Å². The molecule has 4 N–H and O–H groups in total. The summed E-state index contributed by atoms with van der Waals surface area (Å²) >= 11 is 0. The molecule has 0 radical (unpaired) electrons. The maximum atomic E-state index is 12.5. The lowest BCUT2D eigenvalue weighted by Gasteiger charge is -2.20. The molecule has 3 atom stereocenters. The van der Waals surface area contributed by atoms with Gasteiger partial charge >= 0.3 is 19.8 Å². The SMILES string of the molecule is CCCCCC/C=C\C/C=C\CCCCCCCC(=O)OC(COCCCCCCCCCCC)COP(=O)(O)OCC(N)C(=O)O. The maximum absolute atomic E-state index is 12.5. The molecule has 0 aliphatic heterocycles. The van der Waals surface area contributed by atoms with Gasteiger partial charge in [0.25, 0.3) is 0 Å². The van der Waals surface area contributed by atoms with Crippen molar-refractivity contribution >= 4 is 19.8 Å². The van der Waals surface area contributed by atoms with Crippen molar-refractivity contribution in [2.45, 2.75) is 167 Å². The predicted molar refractivity (Wildman–Crippen MR) is 189 cm³/mol. The number of phosphoric ester groups is 1. The molecule has 0 fully saturated rings. The first kappa shape index (κ1) is 45.5. The summed E-state index contributed by atoms with van der Waals surface area (Å²) in [5.41, 5.74) is 5.32. The molecule has 0 aromatic rings. The fourth-order valence-corrected chi connectivity index (χ4v) is 5.59. The van der Waals surface area contributed by atoms with Crippen LogP contribution in [0.3, 0.4) is 0 Å². The number of ether oxygens (including phenoxy) is 2. The minimum atomic E-state index is -4.60. The van der Waals surface area contributed by atoms with Crippen LogP contribution in [0.15, 0.2) is 24.3 Å². The number of nitrogens with two attached hydrogens (primary N) is 1. The summed E-state index contributed by atoms with van der Waals surface area (Å²) in [6, 6.07) is -1.47. The average molecular weight is 690 g/mol. The zero-order valence-corrected chi connectivity index (χ0v) is 30.5. The van der Waals surface area contributed by atoms with Gasteiger partial charge in [0.15, 0.2) is 0 Å². The van der Waals surface area contributed by atoms with Crippen molar-refractivity contribution in [3.63, 3.8) is 0 Å². The Labute approximate surface area is 285 Å². The Morgan fingerprint density at radius 3 is 1.74 bits per heavy atom. The van der Waals surface area contributed by atoms with Crippen LogP contribution in [0.4, 0.5) is 0 Å². The Kier molecular flexibility index (Phi) is 31.9. The van der Waals surface area contributed by atoms with E-state index in [9.17, 15) is 19.0 Å². The number of carbonyl (C=O) groups excluding carboxylic acids is 1. The van der Waals surface area contributed by atoms with Gasteiger partial charge in [-0.05, 0) is 44.9 Å². The van der Waals surface area contributed by atoms with Gasteiger partial charge in [0.1, 0.15) is 12.1 Å². The summed E-state index contributed by atoms with van der Waals surface area (Å²) in [5.74, 6) is -1.79. The normalized spacial score (nSPS) is 14.5. The Hall–Kier alpha value is -1.55. The molecule has 3 unspecified atom stereocenters. The number of carboxylic acid groups (broad SMARTS) is 1. The van der Waals surface area contributed by atoms with Gasteiger partial charge in [0.05, 0.1) is 19.8 Å². The minimum absolute atomic E-state index is 0.0136. The molecule has 10 nitrogen and oxygen atoms in total. The van der Waals surface area contributed by atoms with Crippen molar-refractivity contribution in [3.05, 3.63) is 24.3 Å². The highest BCUT2D eigenvalue weighted by atomic mass is 31.2. The number of carboxylic acids is 1. The highest BCUT2D eigenvalue weighted by Gasteiger charge is 2.27. The van der Waals surface area contributed by atoms with E-state index in [2.05, 4.69) is 42.7 Å². The zero-order valence-electron chi connectivity index (χ0n) is 29.6. The molecule has 0 rings (SSSR count). The smallest absolute Gasteiger partial charge is 0.472 e. The second kappa shape index (κ2) is 33.0. The van der Waals surface area contributed by atoms with E-state index < -0.39 is 45.1 Å². The van der Waals surface area contributed by atoms with E-state index in [1.807, 2.05) is 0 Å². The molecule has 276 valence electrons. The number of aliphatic carboxylic acids is 1. The van der Waals surface area contributed by atoms with Gasteiger partial charge in [-0.1, -0.05) is 128 Å². The van der Waals surface area contributed by atoms with E-state index in [0.717, 1.165) is 57.8 Å². The third-order valence-corrected chi connectivity index (χ3v) is 8.68. The summed E-state index contributed by atoms with van der Waals surface area (Å²) in [7, 11) is -4.60. The van der Waals surface area contributed by atoms with Gasteiger partial charge in [-0.15, -0.1) is 0 Å². The van der Waals surface area contributed by atoms with Gasteiger partial charge in [-0.2, -0.15) is 0 Å². The highest BCUT2D eigenvalue weighted by molar-refractivity contribution is 7.47. The number of hydrogen-bond acceptors (Lipinski definition) is 8. The van der Waals surface area contributed by atoms with Crippen LogP contribution in [0.5, 0.6) is 0 Å². The second-order valence-corrected chi connectivity index (χ2v) is 13.8. The Bertz CT molecular complexity index is 852. The Morgan fingerprint density at radius 2 is 1.17 bits per heavy atom. The van der Waals surface area contributed by atoms with Crippen LogP contribution in [0.2, 0.25) is 0 Å². The summed E-state index contributed by atoms with van der Waals surface area (Å²) in [6.07, 6.45) is 32.3. The number of allylic oxidation sites excluding steroid dienone is 4. The van der Waals surface area contributed by atoms with Crippen LogP contribution in [-0.4, -0.2) is 60.5 Å². The van der Waals surface area contributed by atoms with E-state index in [1.54, 1.807) is 0 Å². The lowest BCUT2D eigenvalue weighted by Crippen LogP contribution is -2.34. The Morgan fingerprint density at radius 1 is 0.681 bits per heavy atom. The molecule has 0 spiro atoms. The van der Waals surface area contributed by atoms with Crippen LogP contribution >= 0.6 is 7.82 Å². The quantitative estimate of drug-likeness (QED) is 0.0254.